The van der Waals surface area contributed by atoms with Crippen LogP contribution in [0.4, 0.5) is 32.3 Å². The van der Waals surface area contributed by atoms with Gasteiger partial charge < -0.3 is 24.7 Å². The van der Waals surface area contributed by atoms with Crippen LogP contribution in [0.15, 0.2) is 41.3 Å². The molecule has 200 valence electrons. The SMILES string of the molecule is O=C(O)C(F)(F)F.O=C(O)C(F)(F)F.c1cnc(NC2COC3(CCN(Cc4ccco4)C3)C2)nc1. The molecule has 4 heterocycles. The van der Waals surface area contributed by atoms with Gasteiger partial charge in [-0.1, -0.05) is 0 Å². The molecule has 0 radical (unpaired) electrons. The number of alkyl halides is 6. The van der Waals surface area contributed by atoms with Crippen LogP contribution in [0.25, 0.3) is 0 Å². The van der Waals surface area contributed by atoms with E-state index >= 15 is 0 Å². The lowest BCUT2D eigenvalue weighted by Gasteiger charge is -2.23. The van der Waals surface area contributed by atoms with Crippen molar-refractivity contribution in [3.8, 4) is 0 Å². The summed E-state index contributed by atoms with van der Waals surface area (Å²) < 4.78 is 75.1. The minimum absolute atomic E-state index is 0.0287. The number of hydrogen-bond acceptors (Lipinski definition) is 8. The van der Waals surface area contributed by atoms with Gasteiger partial charge in [-0.25, -0.2) is 19.6 Å². The number of carboxylic acid groups (broad SMARTS) is 2. The molecular formula is C20H22F6N4O6. The maximum absolute atomic E-state index is 10.6. The minimum Gasteiger partial charge on any atom is -0.475 e. The maximum Gasteiger partial charge on any atom is 0.490 e. The molecule has 0 saturated carbocycles. The van der Waals surface area contributed by atoms with Crippen molar-refractivity contribution < 1.29 is 55.3 Å². The van der Waals surface area contributed by atoms with E-state index in [0.29, 0.717) is 12.6 Å². The Morgan fingerprint density at radius 3 is 2.17 bits per heavy atom. The molecule has 0 aliphatic carbocycles. The van der Waals surface area contributed by atoms with Gasteiger partial charge >= 0.3 is 24.3 Å². The number of nitrogens with zero attached hydrogens (tertiary/aromatic N) is 3. The first-order valence-corrected chi connectivity index (χ1v) is 10.2. The molecule has 4 rings (SSSR count). The van der Waals surface area contributed by atoms with Gasteiger partial charge in [0.15, 0.2) is 0 Å². The lowest BCUT2D eigenvalue weighted by atomic mass is 9.97. The zero-order valence-corrected chi connectivity index (χ0v) is 18.4. The highest BCUT2D eigenvalue weighted by molar-refractivity contribution is 5.73. The quantitative estimate of drug-likeness (QED) is 0.508. The Balaban J connectivity index is 0.000000271. The van der Waals surface area contributed by atoms with E-state index in [1.54, 1.807) is 18.7 Å². The molecule has 2 aliphatic rings. The summed E-state index contributed by atoms with van der Waals surface area (Å²) in [5, 5.41) is 17.6. The van der Waals surface area contributed by atoms with E-state index in [-0.39, 0.29) is 11.6 Å². The molecule has 36 heavy (non-hydrogen) atoms. The predicted octanol–water partition coefficient (Wildman–Crippen LogP) is 3.18. The monoisotopic (exact) mass is 528 g/mol. The van der Waals surface area contributed by atoms with Gasteiger partial charge in [0.1, 0.15) is 5.76 Å². The van der Waals surface area contributed by atoms with Crippen molar-refractivity contribution in [3.63, 3.8) is 0 Å². The molecule has 10 nitrogen and oxygen atoms in total. The molecule has 2 aromatic rings. The maximum atomic E-state index is 10.6. The molecule has 2 aromatic heterocycles. The van der Waals surface area contributed by atoms with Gasteiger partial charge in [-0.05, 0) is 24.6 Å². The number of aliphatic carboxylic acids is 2. The summed E-state index contributed by atoms with van der Waals surface area (Å²) in [5.41, 5.74) is -0.0287. The van der Waals surface area contributed by atoms with E-state index in [9.17, 15) is 26.3 Å². The highest BCUT2D eigenvalue weighted by atomic mass is 19.4. The fourth-order valence-electron chi connectivity index (χ4n) is 3.46. The first kappa shape index (κ1) is 28.8. The van der Waals surface area contributed by atoms with Crippen LogP contribution in [-0.2, 0) is 20.9 Å². The Morgan fingerprint density at radius 2 is 1.67 bits per heavy atom. The molecule has 16 heteroatoms. The van der Waals surface area contributed by atoms with Crippen molar-refractivity contribution in [2.24, 2.45) is 0 Å². The van der Waals surface area contributed by atoms with Crippen molar-refractivity contribution in [1.82, 2.24) is 14.9 Å². The smallest absolute Gasteiger partial charge is 0.475 e. The summed E-state index contributed by atoms with van der Waals surface area (Å²) in [6.45, 7) is 3.58. The van der Waals surface area contributed by atoms with Gasteiger partial charge in [-0.2, -0.15) is 26.3 Å². The largest absolute Gasteiger partial charge is 0.490 e. The number of rotatable bonds is 4. The normalized spacial score (nSPS) is 21.8. The van der Waals surface area contributed by atoms with E-state index in [4.69, 9.17) is 29.0 Å². The molecule has 2 unspecified atom stereocenters. The number of aromatic nitrogens is 2. The second-order valence-corrected chi connectivity index (χ2v) is 7.76. The van der Waals surface area contributed by atoms with Gasteiger partial charge in [0, 0.05) is 31.9 Å². The van der Waals surface area contributed by atoms with E-state index in [0.717, 1.165) is 38.2 Å². The standard InChI is InChI=1S/C16H20N4O2.2C2HF3O2/c1-3-14(21-8-1)10-20-7-4-16(12-20)9-13(11-22-16)19-15-17-5-2-6-18-15;2*3-2(4,5)1(6)7/h1-3,5-6,8,13H,4,7,9-12H2,(H,17,18,19);2*(H,6,7). The molecule has 1 spiro atoms. The predicted molar refractivity (Wildman–Crippen MR) is 109 cm³/mol. The molecular weight excluding hydrogens is 506 g/mol. The lowest BCUT2D eigenvalue weighted by molar-refractivity contribution is -0.193. The Morgan fingerprint density at radius 1 is 1.08 bits per heavy atom. The van der Waals surface area contributed by atoms with Crippen molar-refractivity contribution in [1.29, 1.82) is 0 Å². The number of anilines is 1. The number of likely N-dealkylation sites (tertiary alicyclic amines) is 1. The summed E-state index contributed by atoms with van der Waals surface area (Å²) in [6.07, 6.45) is -2.86. The average molecular weight is 528 g/mol. The molecule has 2 atom stereocenters. The summed E-state index contributed by atoms with van der Waals surface area (Å²) >= 11 is 0. The zero-order valence-electron chi connectivity index (χ0n) is 18.4. The summed E-state index contributed by atoms with van der Waals surface area (Å²) in [4.78, 5) is 28.6. The topological polar surface area (TPSA) is 138 Å². The average Bonchev–Trinajstić information content (AvgIpc) is 3.52. The number of ether oxygens (including phenoxy) is 1. The van der Waals surface area contributed by atoms with Crippen LogP contribution in [0.2, 0.25) is 0 Å². The summed E-state index contributed by atoms with van der Waals surface area (Å²) in [6, 6.07) is 6.07. The van der Waals surface area contributed by atoms with Crippen LogP contribution in [0.3, 0.4) is 0 Å². The van der Waals surface area contributed by atoms with Crippen LogP contribution in [0.1, 0.15) is 18.6 Å². The van der Waals surface area contributed by atoms with E-state index in [1.165, 1.54) is 0 Å². The third-order valence-electron chi connectivity index (χ3n) is 4.95. The summed E-state index contributed by atoms with van der Waals surface area (Å²) in [7, 11) is 0. The molecule has 3 N–H and O–H groups in total. The fourth-order valence-corrected chi connectivity index (χ4v) is 3.46. The minimum atomic E-state index is -5.08. The second-order valence-electron chi connectivity index (χ2n) is 7.76. The third kappa shape index (κ3) is 9.33. The fraction of sp³-hybridized carbons (Fsp3) is 0.500. The molecule has 0 amide bonds. The van der Waals surface area contributed by atoms with Crippen LogP contribution in [0, 0.1) is 0 Å². The van der Waals surface area contributed by atoms with Crippen LogP contribution in [0.5, 0.6) is 0 Å². The Labute approximate surface area is 199 Å². The van der Waals surface area contributed by atoms with E-state index < -0.39 is 24.3 Å². The second kappa shape index (κ2) is 12.0. The number of carboxylic acids is 2. The Hall–Kier alpha value is -3.40. The zero-order chi connectivity index (χ0) is 27.0. The van der Waals surface area contributed by atoms with Crippen molar-refractivity contribution in [2.75, 3.05) is 25.0 Å². The highest BCUT2D eigenvalue weighted by Gasteiger charge is 2.45. The first-order chi connectivity index (χ1) is 16.7. The molecule has 0 bridgehead atoms. The van der Waals surface area contributed by atoms with Crippen molar-refractivity contribution in [2.45, 2.75) is 43.4 Å². The van der Waals surface area contributed by atoms with Crippen molar-refractivity contribution in [3.05, 3.63) is 42.6 Å². The Kier molecular flexibility index (Phi) is 9.63. The number of furan rings is 1. The molecule has 2 fully saturated rings. The summed E-state index contributed by atoms with van der Waals surface area (Å²) in [5.74, 6) is -3.82. The number of carbonyl (C=O) groups is 2. The van der Waals surface area contributed by atoms with Crippen molar-refractivity contribution >= 4 is 17.9 Å². The number of nitrogens with one attached hydrogen (secondary N) is 1. The highest BCUT2D eigenvalue weighted by Crippen LogP contribution is 2.36. The van der Waals surface area contributed by atoms with Crippen LogP contribution in [-0.4, -0.2) is 80.7 Å². The van der Waals surface area contributed by atoms with Crippen LogP contribution >= 0.6 is 0 Å². The molecule has 2 saturated heterocycles. The van der Waals surface area contributed by atoms with Crippen LogP contribution < -0.4 is 5.32 Å². The number of hydrogen-bond donors (Lipinski definition) is 3. The number of halogens is 6. The first-order valence-electron chi connectivity index (χ1n) is 10.2. The van der Waals surface area contributed by atoms with Gasteiger partial charge in [0.05, 0.1) is 31.1 Å². The van der Waals surface area contributed by atoms with E-state index in [2.05, 4.69) is 20.2 Å². The van der Waals surface area contributed by atoms with Gasteiger partial charge in [0.2, 0.25) is 5.95 Å². The molecule has 2 aliphatic heterocycles. The van der Waals surface area contributed by atoms with Gasteiger partial charge in [-0.15, -0.1) is 0 Å². The lowest BCUT2D eigenvalue weighted by Crippen LogP contribution is -2.33. The van der Waals surface area contributed by atoms with Gasteiger partial charge in [-0.3, -0.25) is 4.90 Å². The third-order valence-corrected chi connectivity index (χ3v) is 4.95. The van der Waals surface area contributed by atoms with Gasteiger partial charge in [0.25, 0.3) is 0 Å². The molecule has 0 aromatic carbocycles. The Bertz CT molecular complexity index is 949. The van der Waals surface area contributed by atoms with E-state index in [1.807, 2.05) is 18.2 Å².